The second-order valence-electron chi connectivity index (χ2n) is 16.0. The quantitative estimate of drug-likeness (QED) is 0.226. The Morgan fingerprint density at radius 1 is 0.865 bits per heavy atom. The number of cyclic esters (lactones) is 2. The fourth-order valence-electron chi connectivity index (χ4n) is 11.0. The summed E-state index contributed by atoms with van der Waals surface area (Å²) in [5.41, 5.74) is 6.90. The molecule has 5 heteroatoms. The number of hydrogen-bond donors (Lipinski definition) is 1. The molecule has 52 heavy (non-hydrogen) atoms. The van der Waals surface area contributed by atoms with Crippen LogP contribution >= 0.6 is 0 Å². The summed E-state index contributed by atoms with van der Waals surface area (Å²) in [4.78, 5) is 28.8. The number of benzene rings is 3. The van der Waals surface area contributed by atoms with Crippen molar-refractivity contribution in [1.82, 2.24) is 0 Å². The van der Waals surface area contributed by atoms with Crippen molar-refractivity contribution in [1.29, 1.82) is 0 Å². The molecular formula is C47H48O5. The van der Waals surface area contributed by atoms with Crippen molar-refractivity contribution in [3.05, 3.63) is 130 Å². The highest BCUT2D eigenvalue weighted by Gasteiger charge is 2.68. The number of carbonyl (C=O) groups is 2. The van der Waals surface area contributed by atoms with Crippen LogP contribution in [0.15, 0.2) is 119 Å². The molecule has 5 atom stereocenters. The summed E-state index contributed by atoms with van der Waals surface area (Å²) in [6.45, 7) is 2.19. The summed E-state index contributed by atoms with van der Waals surface area (Å²) < 4.78 is 12.7. The second-order valence-corrected chi connectivity index (χ2v) is 16.0. The average Bonchev–Trinajstić information content (AvgIpc) is 3.89. The Morgan fingerprint density at radius 2 is 1.63 bits per heavy atom. The predicted molar refractivity (Wildman–Crippen MR) is 202 cm³/mol. The Bertz CT molecular complexity index is 2030. The van der Waals surface area contributed by atoms with Gasteiger partial charge in [0.15, 0.2) is 0 Å². The average molecular weight is 693 g/mol. The van der Waals surface area contributed by atoms with E-state index in [4.69, 9.17) is 9.47 Å². The van der Waals surface area contributed by atoms with E-state index in [0.29, 0.717) is 11.3 Å². The fourth-order valence-corrected chi connectivity index (χ4v) is 11.0. The van der Waals surface area contributed by atoms with Gasteiger partial charge in [-0.3, -0.25) is 0 Å². The highest BCUT2D eigenvalue weighted by atomic mass is 16.5. The molecule has 2 saturated carbocycles. The highest BCUT2D eigenvalue weighted by molar-refractivity contribution is 6.07. The lowest BCUT2D eigenvalue weighted by Crippen LogP contribution is -2.52. The van der Waals surface area contributed by atoms with E-state index in [-0.39, 0.29) is 41.4 Å². The van der Waals surface area contributed by atoms with Gasteiger partial charge in [-0.25, -0.2) is 9.59 Å². The number of hydrogen-bond acceptors (Lipinski definition) is 5. The van der Waals surface area contributed by atoms with Crippen LogP contribution in [0.3, 0.4) is 0 Å². The van der Waals surface area contributed by atoms with Crippen LogP contribution in [0.25, 0.3) is 16.7 Å². The van der Waals surface area contributed by atoms with Crippen LogP contribution in [0.4, 0.5) is 0 Å². The molecule has 1 spiro atoms. The van der Waals surface area contributed by atoms with Gasteiger partial charge in [0.25, 0.3) is 0 Å². The Balaban J connectivity index is 1.22. The Labute approximate surface area is 307 Å². The van der Waals surface area contributed by atoms with Gasteiger partial charge in [0.1, 0.15) is 17.3 Å². The second kappa shape index (κ2) is 13.4. The van der Waals surface area contributed by atoms with Crippen molar-refractivity contribution < 1.29 is 24.2 Å². The SMILES string of the molecule is CC[C@H](/C=C1\OC(=O)C2=C(c3cc(O)ccc3-c3ccccc3)[C@@H]3CC[C@@]21[C@H]1C2=C(CC[C@@H]31)C(=CCCC1CCCC1)OC2=O)Cc1ccccc1. The molecule has 0 radical (unpaired) electrons. The van der Waals surface area contributed by atoms with E-state index < -0.39 is 5.41 Å². The molecule has 1 saturated heterocycles. The number of aromatic hydroxyl groups is 1. The molecule has 0 amide bonds. The summed E-state index contributed by atoms with van der Waals surface area (Å²) in [5.74, 6) is 1.99. The van der Waals surface area contributed by atoms with Crippen LogP contribution in [0, 0.1) is 35.0 Å². The highest BCUT2D eigenvalue weighted by Crippen LogP contribution is 2.72. The van der Waals surface area contributed by atoms with Gasteiger partial charge in [-0.05, 0) is 127 Å². The van der Waals surface area contributed by atoms with Crippen molar-refractivity contribution in [3.8, 4) is 16.9 Å². The summed E-state index contributed by atoms with van der Waals surface area (Å²) in [6, 6.07) is 26.3. The molecule has 0 aromatic heterocycles. The van der Waals surface area contributed by atoms with Crippen LogP contribution in [-0.2, 0) is 25.5 Å². The molecule has 2 aliphatic heterocycles. The van der Waals surface area contributed by atoms with E-state index in [0.717, 1.165) is 96.5 Å². The molecule has 5 nitrogen and oxygen atoms in total. The van der Waals surface area contributed by atoms with Crippen LogP contribution in [-0.4, -0.2) is 17.0 Å². The Hall–Kier alpha value is -4.64. The number of allylic oxidation sites excluding steroid dienone is 5. The van der Waals surface area contributed by atoms with Gasteiger partial charge in [0.05, 0.1) is 11.0 Å². The summed E-state index contributed by atoms with van der Waals surface area (Å²) >= 11 is 0. The van der Waals surface area contributed by atoms with Gasteiger partial charge in [0.2, 0.25) is 0 Å². The normalized spacial score (nSPS) is 28.7. The van der Waals surface area contributed by atoms with Gasteiger partial charge in [0, 0.05) is 17.1 Å². The van der Waals surface area contributed by atoms with E-state index in [2.05, 4.69) is 55.5 Å². The predicted octanol–water partition coefficient (Wildman–Crippen LogP) is 10.7. The molecule has 3 aromatic carbocycles. The lowest BCUT2D eigenvalue weighted by molar-refractivity contribution is -0.135. The van der Waals surface area contributed by atoms with Crippen molar-refractivity contribution in [3.63, 3.8) is 0 Å². The summed E-state index contributed by atoms with van der Waals surface area (Å²) in [7, 11) is 0. The van der Waals surface area contributed by atoms with Crippen molar-refractivity contribution in [2.75, 3.05) is 0 Å². The molecule has 5 aliphatic carbocycles. The van der Waals surface area contributed by atoms with Crippen LogP contribution in [0.2, 0.25) is 0 Å². The third-order valence-electron chi connectivity index (χ3n) is 13.4. The first-order valence-corrected chi connectivity index (χ1v) is 19.7. The number of fused-ring (bicyclic) bond motifs is 1. The van der Waals surface area contributed by atoms with E-state index in [1.807, 2.05) is 36.4 Å². The minimum absolute atomic E-state index is 0.0431. The molecular weight excluding hydrogens is 645 g/mol. The number of phenols is 1. The monoisotopic (exact) mass is 692 g/mol. The molecule has 3 aromatic rings. The lowest BCUT2D eigenvalue weighted by Gasteiger charge is -2.56. The van der Waals surface area contributed by atoms with Crippen LogP contribution in [0.1, 0.15) is 88.7 Å². The van der Waals surface area contributed by atoms with Crippen molar-refractivity contribution in [2.24, 2.45) is 35.0 Å². The zero-order valence-electron chi connectivity index (χ0n) is 30.1. The third kappa shape index (κ3) is 5.42. The Kier molecular flexibility index (Phi) is 8.56. The van der Waals surface area contributed by atoms with Gasteiger partial charge < -0.3 is 14.6 Å². The van der Waals surface area contributed by atoms with Crippen molar-refractivity contribution in [2.45, 2.75) is 84.0 Å². The largest absolute Gasteiger partial charge is 0.508 e. The standard InChI is InChI=1S/C47H48O5/c1-2-29(26-31-14-5-3-6-15-31)27-40-47-25-24-35(36-22-23-37-39(51-45(49)42(37)43(36)47)19-11-16-30-12-9-10-13-30)41(44(47)46(50)52-40)38-28-33(48)20-21-34(38)32-17-7-4-8-18-32/h3-8,14-15,17-21,27-30,35-36,43,48H,2,9-13,16,22-26H2,1H3/b39-19?,40-27-/t29-,35+,36-,43+,47+/m0/s1. The van der Waals surface area contributed by atoms with E-state index in [1.165, 1.54) is 31.2 Å². The minimum atomic E-state index is -0.783. The molecule has 7 aliphatic rings. The first-order chi connectivity index (χ1) is 25.5. The number of carbonyl (C=O) groups excluding carboxylic acids is 2. The first-order valence-electron chi connectivity index (χ1n) is 19.7. The summed E-state index contributed by atoms with van der Waals surface area (Å²) in [5, 5.41) is 11.0. The van der Waals surface area contributed by atoms with E-state index in [1.54, 1.807) is 6.07 Å². The molecule has 266 valence electrons. The molecule has 2 bridgehead atoms. The molecule has 2 heterocycles. The smallest absolute Gasteiger partial charge is 0.340 e. The van der Waals surface area contributed by atoms with Gasteiger partial charge in [-0.2, -0.15) is 0 Å². The minimum Gasteiger partial charge on any atom is -0.508 e. The van der Waals surface area contributed by atoms with Gasteiger partial charge in [-0.1, -0.05) is 99.3 Å². The van der Waals surface area contributed by atoms with Crippen molar-refractivity contribution >= 4 is 17.5 Å². The molecule has 0 unspecified atom stereocenters. The number of rotatable bonds is 9. The maximum absolute atomic E-state index is 14.6. The number of phenolic OH excluding ortho intramolecular Hbond substituents is 1. The lowest BCUT2D eigenvalue weighted by atomic mass is 9.44. The maximum atomic E-state index is 14.6. The van der Waals surface area contributed by atoms with Crippen LogP contribution in [0.5, 0.6) is 5.75 Å². The van der Waals surface area contributed by atoms with E-state index >= 15 is 0 Å². The Morgan fingerprint density at radius 3 is 2.40 bits per heavy atom. The number of ether oxygens (including phenoxy) is 2. The zero-order chi connectivity index (χ0) is 35.4. The molecule has 3 fully saturated rings. The topological polar surface area (TPSA) is 72.8 Å². The summed E-state index contributed by atoms with van der Waals surface area (Å²) in [6.07, 6.45) is 16.8. The first kappa shape index (κ1) is 33.2. The maximum Gasteiger partial charge on any atom is 0.340 e. The van der Waals surface area contributed by atoms with Crippen LogP contribution < -0.4 is 0 Å². The number of esters is 2. The zero-order valence-corrected chi connectivity index (χ0v) is 30.1. The molecule has 10 rings (SSSR count). The van der Waals surface area contributed by atoms with Gasteiger partial charge in [-0.15, -0.1) is 0 Å². The fraction of sp³-hybridized carbons (Fsp3) is 0.404. The molecule has 1 N–H and O–H groups in total. The van der Waals surface area contributed by atoms with Gasteiger partial charge >= 0.3 is 11.9 Å². The third-order valence-corrected chi connectivity index (χ3v) is 13.4. The van der Waals surface area contributed by atoms with E-state index in [9.17, 15) is 14.7 Å².